The van der Waals surface area contributed by atoms with Crippen molar-refractivity contribution in [1.82, 2.24) is 30.1 Å². The minimum atomic E-state index is -0.297. The number of piperidine rings is 1. The molecule has 0 saturated carbocycles. The maximum atomic E-state index is 13.3. The van der Waals surface area contributed by atoms with E-state index in [4.69, 9.17) is 0 Å². The van der Waals surface area contributed by atoms with E-state index >= 15 is 0 Å². The number of likely N-dealkylation sites (tertiary alicyclic amines) is 1. The molecule has 7 nitrogen and oxygen atoms in total. The summed E-state index contributed by atoms with van der Waals surface area (Å²) in [6.45, 7) is 6.83. The average molecular weight is 443 g/mol. The lowest BCUT2D eigenvalue weighted by Gasteiger charge is -2.35. The fourth-order valence-electron chi connectivity index (χ4n) is 4.76. The number of aromatic amines is 1. The van der Waals surface area contributed by atoms with Crippen LogP contribution in [0.1, 0.15) is 55.2 Å². The van der Waals surface area contributed by atoms with Gasteiger partial charge in [-0.25, -0.2) is 4.68 Å². The Morgan fingerprint density at radius 3 is 2.61 bits per heavy atom. The van der Waals surface area contributed by atoms with Crippen LogP contribution in [0.4, 0.5) is 0 Å². The van der Waals surface area contributed by atoms with Gasteiger partial charge in [-0.3, -0.25) is 9.69 Å². The molecule has 33 heavy (non-hydrogen) atoms. The van der Waals surface area contributed by atoms with Gasteiger partial charge in [-0.15, -0.1) is 5.10 Å². The van der Waals surface area contributed by atoms with Crippen molar-refractivity contribution in [3.8, 4) is 0 Å². The number of tetrazole rings is 1. The van der Waals surface area contributed by atoms with E-state index in [1.807, 2.05) is 35.0 Å². The number of benzene rings is 2. The molecular formula is C26H30N6O. The lowest BCUT2D eigenvalue weighted by molar-refractivity contribution is 0.149. The van der Waals surface area contributed by atoms with Crippen LogP contribution in [-0.2, 0) is 13.0 Å². The predicted octanol–water partition coefficient (Wildman–Crippen LogP) is 3.95. The topological polar surface area (TPSA) is 79.7 Å². The maximum Gasteiger partial charge on any atom is 0.253 e. The van der Waals surface area contributed by atoms with Crippen LogP contribution in [0, 0.1) is 5.92 Å². The van der Waals surface area contributed by atoms with E-state index in [1.165, 1.54) is 5.56 Å². The van der Waals surface area contributed by atoms with E-state index < -0.39 is 0 Å². The minimum absolute atomic E-state index is 0.0790. The van der Waals surface area contributed by atoms with Crippen LogP contribution >= 0.6 is 0 Å². The van der Waals surface area contributed by atoms with Crippen molar-refractivity contribution < 1.29 is 0 Å². The Hall–Kier alpha value is -3.32. The quantitative estimate of drug-likeness (QED) is 0.489. The number of hydrogen-bond acceptors (Lipinski definition) is 5. The highest BCUT2D eigenvalue weighted by atomic mass is 16.1. The Balaban J connectivity index is 1.61. The molecule has 0 amide bonds. The van der Waals surface area contributed by atoms with Crippen LogP contribution in [0.3, 0.4) is 0 Å². The number of nitrogens with one attached hydrogen (secondary N) is 1. The third kappa shape index (κ3) is 4.46. The summed E-state index contributed by atoms with van der Waals surface area (Å²) < 4.78 is 1.84. The van der Waals surface area contributed by atoms with Gasteiger partial charge in [0.1, 0.15) is 6.04 Å². The molecule has 4 aromatic rings. The number of pyridine rings is 1. The number of H-pyrrole nitrogens is 1. The molecule has 0 aliphatic carbocycles. The van der Waals surface area contributed by atoms with Gasteiger partial charge in [0.2, 0.25) is 0 Å². The molecule has 0 spiro atoms. The Kier molecular flexibility index (Phi) is 6.05. The maximum absolute atomic E-state index is 13.3. The average Bonchev–Trinajstić information content (AvgIpc) is 3.28. The van der Waals surface area contributed by atoms with Gasteiger partial charge in [0.15, 0.2) is 5.82 Å². The first-order valence-electron chi connectivity index (χ1n) is 11.8. The van der Waals surface area contributed by atoms with Gasteiger partial charge in [0.25, 0.3) is 5.56 Å². The number of aromatic nitrogens is 5. The SMILES string of the molecule is CCc1ccc2[nH]c(=O)c([C@H](c3nnnn3Cc3ccccc3)N3CCC(C)CC3)cc2c1. The zero-order valence-electron chi connectivity index (χ0n) is 19.2. The van der Waals surface area contributed by atoms with E-state index in [9.17, 15) is 4.79 Å². The van der Waals surface area contributed by atoms with Crippen molar-refractivity contribution in [1.29, 1.82) is 0 Å². The van der Waals surface area contributed by atoms with E-state index in [1.54, 1.807) is 0 Å². The summed E-state index contributed by atoms with van der Waals surface area (Å²) in [6.07, 6.45) is 3.15. The van der Waals surface area contributed by atoms with Gasteiger partial charge in [0, 0.05) is 11.1 Å². The Morgan fingerprint density at radius 1 is 1.06 bits per heavy atom. The van der Waals surface area contributed by atoms with Gasteiger partial charge in [-0.2, -0.15) is 0 Å². The Labute approximate surface area is 193 Å². The first kappa shape index (κ1) is 21.5. The molecule has 5 rings (SSSR count). The van der Waals surface area contributed by atoms with Crippen molar-refractivity contribution in [3.05, 3.63) is 87.5 Å². The molecule has 7 heteroatoms. The zero-order valence-corrected chi connectivity index (χ0v) is 19.2. The molecule has 170 valence electrons. The largest absolute Gasteiger partial charge is 0.322 e. The van der Waals surface area contributed by atoms with Crippen molar-refractivity contribution in [2.24, 2.45) is 5.92 Å². The highest BCUT2D eigenvalue weighted by molar-refractivity contribution is 5.80. The zero-order chi connectivity index (χ0) is 22.8. The molecule has 1 aliphatic rings. The van der Waals surface area contributed by atoms with Crippen LogP contribution in [-0.4, -0.2) is 43.2 Å². The number of nitrogens with zero attached hydrogens (tertiary/aromatic N) is 5. The molecule has 0 radical (unpaired) electrons. The highest BCUT2D eigenvalue weighted by Crippen LogP contribution is 2.31. The number of rotatable bonds is 6. The molecule has 1 aliphatic heterocycles. The van der Waals surface area contributed by atoms with Crippen LogP contribution < -0.4 is 5.56 Å². The molecule has 1 fully saturated rings. The predicted molar refractivity (Wildman–Crippen MR) is 129 cm³/mol. The van der Waals surface area contributed by atoms with Crippen molar-refractivity contribution in [2.75, 3.05) is 13.1 Å². The third-order valence-corrected chi connectivity index (χ3v) is 6.80. The summed E-state index contributed by atoms with van der Waals surface area (Å²) in [5.41, 5.74) is 3.85. The van der Waals surface area contributed by atoms with Gasteiger partial charge in [0.05, 0.1) is 6.54 Å². The van der Waals surface area contributed by atoms with E-state index in [0.29, 0.717) is 23.9 Å². The van der Waals surface area contributed by atoms with Crippen molar-refractivity contribution in [3.63, 3.8) is 0 Å². The first-order valence-corrected chi connectivity index (χ1v) is 11.8. The Morgan fingerprint density at radius 2 is 1.85 bits per heavy atom. The second kappa shape index (κ2) is 9.27. The van der Waals surface area contributed by atoms with E-state index in [-0.39, 0.29) is 11.6 Å². The van der Waals surface area contributed by atoms with Crippen LogP contribution in [0.2, 0.25) is 0 Å². The molecular weight excluding hydrogens is 412 g/mol. The lowest BCUT2D eigenvalue weighted by atomic mass is 9.95. The molecule has 2 aromatic heterocycles. The van der Waals surface area contributed by atoms with Crippen LogP contribution in [0.5, 0.6) is 0 Å². The lowest BCUT2D eigenvalue weighted by Crippen LogP contribution is -2.40. The molecule has 1 N–H and O–H groups in total. The van der Waals surface area contributed by atoms with Gasteiger partial charge < -0.3 is 4.98 Å². The summed E-state index contributed by atoms with van der Waals surface area (Å²) in [5.74, 6) is 1.40. The van der Waals surface area contributed by atoms with Crippen molar-refractivity contribution >= 4 is 10.9 Å². The molecule has 3 heterocycles. The van der Waals surface area contributed by atoms with Gasteiger partial charge >= 0.3 is 0 Å². The second-order valence-corrected chi connectivity index (χ2v) is 9.13. The molecule has 0 unspecified atom stereocenters. The first-order chi connectivity index (χ1) is 16.1. The standard InChI is InChI=1S/C26H30N6O/c1-3-19-9-10-23-21(15-19)16-22(26(33)27-23)24(31-13-11-18(2)12-14-31)25-28-29-30-32(25)17-20-7-5-4-6-8-20/h4-10,15-16,18,24H,3,11-14,17H2,1-2H3,(H,27,33)/t24-/m1/s1. The fourth-order valence-corrected chi connectivity index (χ4v) is 4.76. The normalized spacial score (nSPS) is 16.3. The monoisotopic (exact) mass is 442 g/mol. The van der Waals surface area contributed by atoms with Crippen molar-refractivity contribution in [2.45, 2.75) is 45.7 Å². The Bertz CT molecular complexity index is 1290. The van der Waals surface area contributed by atoms with E-state index in [0.717, 1.165) is 48.8 Å². The van der Waals surface area contributed by atoms with Gasteiger partial charge in [-0.05, 0) is 83.4 Å². The summed E-state index contributed by atoms with van der Waals surface area (Å²) in [4.78, 5) is 18.8. The molecule has 1 atom stereocenters. The smallest absolute Gasteiger partial charge is 0.253 e. The summed E-state index contributed by atoms with van der Waals surface area (Å²) in [6, 6.07) is 18.1. The highest BCUT2D eigenvalue weighted by Gasteiger charge is 2.32. The molecule has 0 bridgehead atoms. The second-order valence-electron chi connectivity index (χ2n) is 9.13. The summed E-state index contributed by atoms with van der Waals surface area (Å²) >= 11 is 0. The summed E-state index contributed by atoms with van der Waals surface area (Å²) in [5, 5.41) is 13.8. The van der Waals surface area contributed by atoms with Crippen LogP contribution in [0.25, 0.3) is 10.9 Å². The summed E-state index contributed by atoms with van der Waals surface area (Å²) in [7, 11) is 0. The fraction of sp³-hybridized carbons (Fsp3) is 0.385. The molecule has 2 aromatic carbocycles. The van der Waals surface area contributed by atoms with Crippen LogP contribution in [0.15, 0.2) is 59.4 Å². The third-order valence-electron chi connectivity index (χ3n) is 6.80. The number of fused-ring (bicyclic) bond motifs is 1. The minimum Gasteiger partial charge on any atom is -0.322 e. The van der Waals surface area contributed by atoms with Gasteiger partial charge in [-0.1, -0.05) is 50.2 Å². The number of hydrogen-bond donors (Lipinski definition) is 1. The molecule has 1 saturated heterocycles. The van der Waals surface area contributed by atoms with E-state index in [2.05, 4.69) is 63.5 Å². The number of aryl methyl sites for hydroxylation is 1.